The molecule has 0 bridgehead atoms. The van der Waals surface area contributed by atoms with E-state index in [-0.39, 0.29) is 6.04 Å². The van der Waals surface area contributed by atoms with E-state index in [1.807, 2.05) is 59.5 Å². The molecule has 2 rings (SSSR count). The summed E-state index contributed by atoms with van der Waals surface area (Å²) in [5.41, 5.74) is 2.26. The molecule has 1 atom stereocenters. The van der Waals surface area contributed by atoms with Crippen LogP contribution in [-0.2, 0) is 11.3 Å². The first-order valence-electron chi connectivity index (χ1n) is 6.76. The standard InChI is InChI=1S/C18H19NO/c1-2-9-18(17-12-7-4-8-13-17)19(15-20)14-16-10-5-3-6-11-16/h2-8,10-13,15,18H,1,9,14H2. The zero-order chi connectivity index (χ0) is 14.2. The van der Waals surface area contributed by atoms with Crippen molar-refractivity contribution in [2.24, 2.45) is 0 Å². The molecule has 0 fully saturated rings. The second-order valence-electron chi connectivity index (χ2n) is 4.71. The molecule has 0 aliphatic carbocycles. The van der Waals surface area contributed by atoms with Crippen LogP contribution in [0.5, 0.6) is 0 Å². The summed E-state index contributed by atoms with van der Waals surface area (Å²) in [7, 11) is 0. The lowest BCUT2D eigenvalue weighted by Crippen LogP contribution is -2.26. The number of benzene rings is 2. The molecule has 0 saturated heterocycles. The lowest BCUT2D eigenvalue weighted by Gasteiger charge is -2.28. The fourth-order valence-electron chi connectivity index (χ4n) is 2.31. The normalized spacial score (nSPS) is 11.6. The van der Waals surface area contributed by atoms with E-state index in [1.54, 1.807) is 0 Å². The van der Waals surface area contributed by atoms with Crippen LogP contribution >= 0.6 is 0 Å². The molecule has 1 unspecified atom stereocenters. The molecule has 2 aromatic rings. The molecular weight excluding hydrogens is 246 g/mol. The zero-order valence-corrected chi connectivity index (χ0v) is 11.5. The van der Waals surface area contributed by atoms with Crippen LogP contribution in [0, 0.1) is 0 Å². The summed E-state index contributed by atoms with van der Waals surface area (Å²) in [6.07, 6.45) is 3.53. The highest BCUT2D eigenvalue weighted by molar-refractivity contribution is 5.49. The van der Waals surface area contributed by atoms with Gasteiger partial charge in [0.1, 0.15) is 0 Å². The van der Waals surface area contributed by atoms with Crippen LogP contribution in [0.3, 0.4) is 0 Å². The number of carbonyl (C=O) groups excluding carboxylic acids is 1. The molecule has 20 heavy (non-hydrogen) atoms. The number of amides is 1. The number of rotatable bonds is 7. The number of hydrogen-bond acceptors (Lipinski definition) is 1. The summed E-state index contributed by atoms with van der Waals surface area (Å²) in [6.45, 7) is 4.42. The van der Waals surface area contributed by atoms with E-state index in [0.29, 0.717) is 6.54 Å². The second-order valence-corrected chi connectivity index (χ2v) is 4.71. The van der Waals surface area contributed by atoms with Crippen LogP contribution in [0.2, 0.25) is 0 Å². The van der Waals surface area contributed by atoms with Crippen LogP contribution in [0.25, 0.3) is 0 Å². The molecule has 2 aromatic carbocycles. The molecule has 102 valence electrons. The molecule has 0 aliphatic heterocycles. The molecule has 0 aliphatic rings. The van der Waals surface area contributed by atoms with Crippen LogP contribution < -0.4 is 0 Å². The Morgan fingerprint density at radius 3 is 2.15 bits per heavy atom. The van der Waals surface area contributed by atoms with E-state index in [4.69, 9.17) is 0 Å². The van der Waals surface area contributed by atoms with Gasteiger partial charge in [-0.15, -0.1) is 6.58 Å². The van der Waals surface area contributed by atoms with Crippen molar-refractivity contribution < 1.29 is 4.79 Å². The molecular formula is C18H19NO. The molecule has 2 heteroatoms. The highest BCUT2D eigenvalue weighted by Gasteiger charge is 2.17. The summed E-state index contributed by atoms with van der Waals surface area (Å²) >= 11 is 0. The lowest BCUT2D eigenvalue weighted by molar-refractivity contribution is -0.121. The molecule has 2 nitrogen and oxygen atoms in total. The van der Waals surface area contributed by atoms with Gasteiger partial charge in [0.15, 0.2) is 0 Å². The molecule has 0 N–H and O–H groups in total. The number of hydrogen-bond donors (Lipinski definition) is 0. The Labute approximate surface area is 120 Å². The Kier molecular flexibility index (Phi) is 5.13. The SMILES string of the molecule is C=CCC(c1ccccc1)N(C=O)Cc1ccccc1. The van der Waals surface area contributed by atoms with Gasteiger partial charge in [-0.25, -0.2) is 0 Å². The van der Waals surface area contributed by atoms with Gasteiger partial charge in [0.2, 0.25) is 6.41 Å². The van der Waals surface area contributed by atoms with E-state index >= 15 is 0 Å². The Balaban J connectivity index is 2.22. The van der Waals surface area contributed by atoms with Gasteiger partial charge in [-0.2, -0.15) is 0 Å². The largest absolute Gasteiger partial charge is 0.334 e. The smallest absolute Gasteiger partial charge is 0.210 e. The highest BCUT2D eigenvalue weighted by Crippen LogP contribution is 2.25. The van der Waals surface area contributed by atoms with Crippen LogP contribution in [0.4, 0.5) is 0 Å². The van der Waals surface area contributed by atoms with Crippen molar-refractivity contribution in [3.63, 3.8) is 0 Å². The van der Waals surface area contributed by atoms with E-state index in [2.05, 4.69) is 18.7 Å². The zero-order valence-electron chi connectivity index (χ0n) is 11.5. The van der Waals surface area contributed by atoms with E-state index in [9.17, 15) is 4.79 Å². The third kappa shape index (κ3) is 3.58. The van der Waals surface area contributed by atoms with Crippen LogP contribution in [0.1, 0.15) is 23.6 Å². The number of carbonyl (C=O) groups is 1. The molecule has 0 spiro atoms. The quantitative estimate of drug-likeness (QED) is 0.548. The molecule has 0 aromatic heterocycles. The first kappa shape index (κ1) is 14.1. The second kappa shape index (κ2) is 7.29. The van der Waals surface area contributed by atoms with E-state index < -0.39 is 0 Å². The van der Waals surface area contributed by atoms with Crippen molar-refractivity contribution in [2.45, 2.75) is 19.0 Å². The van der Waals surface area contributed by atoms with Crippen LogP contribution in [-0.4, -0.2) is 11.3 Å². The topological polar surface area (TPSA) is 20.3 Å². The van der Waals surface area contributed by atoms with Gasteiger partial charge in [-0.05, 0) is 17.5 Å². The van der Waals surface area contributed by atoms with Gasteiger partial charge in [-0.3, -0.25) is 4.79 Å². The number of nitrogens with zero attached hydrogens (tertiary/aromatic N) is 1. The first-order valence-corrected chi connectivity index (χ1v) is 6.76. The first-order chi connectivity index (χ1) is 9.85. The molecule has 0 saturated carbocycles. The Morgan fingerprint density at radius 1 is 1.00 bits per heavy atom. The summed E-state index contributed by atoms with van der Waals surface area (Å²) in [5.74, 6) is 0. The Hall–Kier alpha value is -2.35. The fourth-order valence-corrected chi connectivity index (χ4v) is 2.31. The average Bonchev–Trinajstić information content (AvgIpc) is 2.52. The van der Waals surface area contributed by atoms with Crippen molar-refractivity contribution in [2.75, 3.05) is 0 Å². The van der Waals surface area contributed by atoms with E-state index in [1.165, 1.54) is 0 Å². The molecule has 0 radical (unpaired) electrons. The minimum atomic E-state index is 0.0337. The average molecular weight is 265 g/mol. The maximum atomic E-state index is 11.5. The summed E-state index contributed by atoms with van der Waals surface area (Å²) in [6, 6.07) is 20.1. The third-order valence-electron chi connectivity index (χ3n) is 3.32. The maximum absolute atomic E-state index is 11.5. The van der Waals surface area contributed by atoms with Gasteiger partial charge in [0.05, 0.1) is 6.04 Å². The minimum Gasteiger partial charge on any atom is -0.334 e. The van der Waals surface area contributed by atoms with Gasteiger partial charge in [0.25, 0.3) is 0 Å². The predicted molar refractivity (Wildman–Crippen MR) is 82.0 cm³/mol. The molecule has 0 heterocycles. The summed E-state index contributed by atoms with van der Waals surface area (Å²) in [4.78, 5) is 13.3. The van der Waals surface area contributed by atoms with Gasteiger partial charge in [0, 0.05) is 6.54 Å². The predicted octanol–water partition coefficient (Wildman–Crippen LogP) is 3.96. The van der Waals surface area contributed by atoms with Crippen molar-refractivity contribution in [1.29, 1.82) is 0 Å². The van der Waals surface area contributed by atoms with Crippen LogP contribution in [0.15, 0.2) is 73.3 Å². The fraction of sp³-hybridized carbons (Fsp3) is 0.167. The minimum absolute atomic E-state index is 0.0337. The highest BCUT2D eigenvalue weighted by atomic mass is 16.1. The van der Waals surface area contributed by atoms with Gasteiger partial charge >= 0.3 is 0 Å². The van der Waals surface area contributed by atoms with E-state index in [0.717, 1.165) is 24.0 Å². The van der Waals surface area contributed by atoms with Crippen molar-refractivity contribution in [1.82, 2.24) is 4.90 Å². The van der Waals surface area contributed by atoms with Crippen molar-refractivity contribution in [3.05, 3.63) is 84.4 Å². The van der Waals surface area contributed by atoms with Gasteiger partial charge < -0.3 is 4.90 Å². The Bertz CT molecular complexity index is 536. The lowest BCUT2D eigenvalue weighted by atomic mass is 10.0. The summed E-state index contributed by atoms with van der Waals surface area (Å²) in [5, 5.41) is 0. The van der Waals surface area contributed by atoms with Crippen molar-refractivity contribution in [3.8, 4) is 0 Å². The monoisotopic (exact) mass is 265 g/mol. The Morgan fingerprint density at radius 2 is 1.60 bits per heavy atom. The molecule has 1 amide bonds. The van der Waals surface area contributed by atoms with Gasteiger partial charge in [-0.1, -0.05) is 66.7 Å². The maximum Gasteiger partial charge on any atom is 0.210 e. The third-order valence-corrected chi connectivity index (χ3v) is 3.32. The summed E-state index contributed by atoms with van der Waals surface area (Å²) < 4.78 is 0. The van der Waals surface area contributed by atoms with Crippen molar-refractivity contribution >= 4 is 6.41 Å².